The van der Waals surface area contributed by atoms with E-state index in [0.717, 1.165) is 5.56 Å². The fourth-order valence-corrected chi connectivity index (χ4v) is 3.70. The number of carbonyl (C=O) groups is 1. The molecule has 122 valence electrons. The molecule has 0 spiro atoms. The minimum atomic E-state index is -1.13. The standard InChI is InChI=1S/C16H14Cl3NO2S/c1-2-23(22)15-4-3-12(17)7-11(15)9-20-16(21)10-5-13(18)8-14(19)6-10/h3-8H,2,9H2,1H3,(H,20,21). The Bertz CT molecular complexity index is 704. The first-order valence-corrected chi connectivity index (χ1v) is 9.27. The Kier molecular flexibility index (Phi) is 6.62. The number of halogens is 3. The summed E-state index contributed by atoms with van der Waals surface area (Å²) < 4.78 is 12.1. The van der Waals surface area contributed by atoms with E-state index in [1.165, 1.54) is 12.1 Å². The third-order valence-electron chi connectivity index (χ3n) is 3.09. The highest BCUT2D eigenvalue weighted by atomic mass is 35.5. The summed E-state index contributed by atoms with van der Waals surface area (Å²) in [6, 6.07) is 9.74. The number of nitrogens with one attached hydrogen (secondary N) is 1. The highest BCUT2D eigenvalue weighted by molar-refractivity contribution is 7.91. The first-order valence-electron chi connectivity index (χ1n) is 6.81. The van der Waals surface area contributed by atoms with Gasteiger partial charge in [-0.15, -0.1) is 0 Å². The van der Waals surface area contributed by atoms with Gasteiger partial charge in [-0.25, -0.2) is 0 Å². The lowest BCUT2D eigenvalue weighted by atomic mass is 10.2. The summed E-state index contributed by atoms with van der Waals surface area (Å²) in [6.45, 7) is 2.05. The zero-order valence-corrected chi connectivity index (χ0v) is 15.3. The van der Waals surface area contributed by atoms with E-state index in [1.54, 1.807) is 24.3 Å². The molecule has 7 heteroatoms. The van der Waals surface area contributed by atoms with Gasteiger partial charge in [0, 0.05) is 32.7 Å². The van der Waals surface area contributed by atoms with Crippen LogP contribution >= 0.6 is 34.8 Å². The molecule has 0 aliphatic carbocycles. The van der Waals surface area contributed by atoms with Crippen LogP contribution < -0.4 is 5.32 Å². The van der Waals surface area contributed by atoms with Crippen molar-refractivity contribution in [3.8, 4) is 0 Å². The maximum absolute atomic E-state index is 12.2. The number of rotatable bonds is 5. The molecule has 0 aromatic heterocycles. The van der Waals surface area contributed by atoms with Crippen LogP contribution in [0.5, 0.6) is 0 Å². The Morgan fingerprint density at radius 3 is 2.35 bits per heavy atom. The smallest absolute Gasteiger partial charge is 0.251 e. The van der Waals surface area contributed by atoms with Crippen molar-refractivity contribution in [3.05, 3.63) is 62.6 Å². The summed E-state index contributed by atoms with van der Waals surface area (Å²) in [5.41, 5.74) is 1.09. The predicted molar refractivity (Wildman–Crippen MR) is 96.0 cm³/mol. The number of benzene rings is 2. The van der Waals surface area contributed by atoms with Crippen LogP contribution in [0.15, 0.2) is 41.3 Å². The van der Waals surface area contributed by atoms with Crippen LogP contribution in [0.2, 0.25) is 15.1 Å². The molecule has 2 aromatic carbocycles. The molecule has 23 heavy (non-hydrogen) atoms. The summed E-state index contributed by atoms with van der Waals surface area (Å²) in [5.74, 6) is 0.176. The average molecular weight is 391 g/mol. The van der Waals surface area contributed by atoms with Gasteiger partial charge in [-0.1, -0.05) is 34.8 Å². The largest absolute Gasteiger partial charge is 0.611 e. The summed E-state index contributed by atoms with van der Waals surface area (Å²) >= 11 is 16.7. The molecule has 0 heterocycles. The van der Waals surface area contributed by atoms with Crippen LogP contribution in [0.1, 0.15) is 22.8 Å². The Morgan fingerprint density at radius 2 is 1.74 bits per heavy atom. The van der Waals surface area contributed by atoms with E-state index in [1.807, 2.05) is 6.92 Å². The van der Waals surface area contributed by atoms with Gasteiger partial charge >= 0.3 is 0 Å². The number of hydrogen-bond acceptors (Lipinski definition) is 2. The molecule has 2 aromatic rings. The Hall–Kier alpha value is -0.910. The van der Waals surface area contributed by atoms with E-state index in [4.69, 9.17) is 34.8 Å². The van der Waals surface area contributed by atoms with E-state index < -0.39 is 11.2 Å². The minimum absolute atomic E-state index is 0.213. The lowest BCUT2D eigenvalue weighted by Gasteiger charge is -2.14. The number of amides is 1. The third kappa shape index (κ3) is 5.03. The fourth-order valence-electron chi connectivity index (χ4n) is 2.03. The third-order valence-corrected chi connectivity index (χ3v) is 5.18. The highest BCUT2D eigenvalue weighted by Crippen LogP contribution is 2.22. The first kappa shape index (κ1) is 18.4. The van der Waals surface area contributed by atoms with Gasteiger partial charge < -0.3 is 9.87 Å². The van der Waals surface area contributed by atoms with Crippen molar-refractivity contribution in [1.82, 2.24) is 5.32 Å². The van der Waals surface area contributed by atoms with Crippen LogP contribution in [0.3, 0.4) is 0 Å². The average Bonchev–Trinajstić information content (AvgIpc) is 2.51. The van der Waals surface area contributed by atoms with Gasteiger partial charge in [0.15, 0.2) is 4.90 Å². The number of carbonyl (C=O) groups excluding carboxylic acids is 1. The molecule has 0 saturated carbocycles. The molecule has 0 fully saturated rings. The van der Waals surface area contributed by atoms with Crippen LogP contribution in [-0.4, -0.2) is 16.2 Å². The van der Waals surface area contributed by atoms with E-state index >= 15 is 0 Å². The molecular weight excluding hydrogens is 377 g/mol. The van der Waals surface area contributed by atoms with E-state index in [-0.39, 0.29) is 12.5 Å². The summed E-state index contributed by atoms with van der Waals surface area (Å²) in [5, 5.41) is 4.07. The summed E-state index contributed by atoms with van der Waals surface area (Å²) in [4.78, 5) is 12.9. The normalized spacial score (nSPS) is 12.0. The van der Waals surface area contributed by atoms with E-state index in [0.29, 0.717) is 31.3 Å². The van der Waals surface area contributed by atoms with Gasteiger partial charge in [-0.2, -0.15) is 0 Å². The van der Waals surface area contributed by atoms with Crippen molar-refractivity contribution >= 4 is 51.9 Å². The molecule has 0 aliphatic rings. The SMILES string of the molecule is CC[S+]([O-])c1ccc(Cl)cc1CNC(=O)c1cc(Cl)cc(Cl)c1. The fraction of sp³-hybridized carbons (Fsp3) is 0.188. The van der Waals surface area contributed by atoms with Crippen LogP contribution in [0, 0.1) is 0 Å². The molecule has 0 bridgehead atoms. The van der Waals surface area contributed by atoms with E-state index in [9.17, 15) is 9.35 Å². The van der Waals surface area contributed by atoms with Crippen molar-refractivity contribution in [2.45, 2.75) is 18.4 Å². The predicted octanol–water partition coefficient (Wildman–Crippen LogP) is 4.70. The quantitative estimate of drug-likeness (QED) is 0.752. The monoisotopic (exact) mass is 389 g/mol. The molecule has 0 radical (unpaired) electrons. The van der Waals surface area contributed by atoms with Crippen molar-refractivity contribution in [2.24, 2.45) is 0 Å². The van der Waals surface area contributed by atoms with Crippen molar-refractivity contribution in [3.63, 3.8) is 0 Å². The van der Waals surface area contributed by atoms with Crippen LogP contribution in [0.4, 0.5) is 0 Å². The molecule has 1 unspecified atom stereocenters. The van der Waals surface area contributed by atoms with Gasteiger partial charge in [-0.3, -0.25) is 4.79 Å². The van der Waals surface area contributed by atoms with Crippen LogP contribution in [-0.2, 0) is 17.7 Å². The zero-order chi connectivity index (χ0) is 17.0. The second-order valence-corrected chi connectivity index (χ2v) is 7.74. The second-order valence-electron chi connectivity index (χ2n) is 4.73. The molecular formula is C16H14Cl3NO2S. The highest BCUT2D eigenvalue weighted by Gasteiger charge is 2.16. The lowest BCUT2D eigenvalue weighted by Crippen LogP contribution is -2.24. The topological polar surface area (TPSA) is 52.2 Å². The van der Waals surface area contributed by atoms with Crippen molar-refractivity contribution < 1.29 is 9.35 Å². The maximum atomic E-state index is 12.2. The van der Waals surface area contributed by atoms with Gasteiger partial charge in [0.1, 0.15) is 5.75 Å². The summed E-state index contributed by atoms with van der Waals surface area (Å²) in [7, 11) is 0. The molecule has 0 aliphatic heterocycles. The Labute approximate surface area is 153 Å². The first-order chi connectivity index (χ1) is 10.9. The van der Waals surface area contributed by atoms with Gasteiger partial charge in [0.05, 0.1) is 0 Å². The number of hydrogen-bond donors (Lipinski definition) is 1. The van der Waals surface area contributed by atoms with Gasteiger partial charge in [-0.05, 0) is 54.5 Å². The van der Waals surface area contributed by atoms with Crippen molar-refractivity contribution in [2.75, 3.05) is 5.75 Å². The second kappa shape index (κ2) is 8.27. The molecule has 1 atom stereocenters. The molecule has 0 saturated heterocycles. The zero-order valence-electron chi connectivity index (χ0n) is 12.2. The summed E-state index contributed by atoms with van der Waals surface area (Å²) in [6.07, 6.45) is 0. The van der Waals surface area contributed by atoms with Crippen LogP contribution in [0.25, 0.3) is 0 Å². The van der Waals surface area contributed by atoms with Gasteiger partial charge in [0.2, 0.25) is 0 Å². The van der Waals surface area contributed by atoms with Crippen molar-refractivity contribution in [1.29, 1.82) is 0 Å². The Balaban J connectivity index is 2.17. The molecule has 1 amide bonds. The minimum Gasteiger partial charge on any atom is -0.611 e. The molecule has 2 rings (SSSR count). The van der Waals surface area contributed by atoms with E-state index in [2.05, 4.69) is 5.32 Å². The Morgan fingerprint density at radius 1 is 1.09 bits per heavy atom. The lowest BCUT2D eigenvalue weighted by molar-refractivity contribution is 0.0950. The molecule has 3 nitrogen and oxygen atoms in total. The maximum Gasteiger partial charge on any atom is 0.251 e. The van der Waals surface area contributed by atoms with Gasteiger partial charge in [0.25, 0.3) is 5.91 Å². The molecule has 1 N–H and O–H groups in total.